The molecule has 1 aromatic heterocycles. The van der Waals surface area contributed by atoms with Gasteiger partial charge in [0.15, 0.2) is 0 Å². The van der Waals surface area contributed by atoms with Gasteiger partial charge >= 0.3 is 0 Å². The van der Waals surface area contributed by atoms with Crippen LogP contribution in [0.25, 0.3) is 0 Å². The molecule has 5 rings (SSSR count). The Kier molecular flexibility index (Phi) is 2.99. The predicted molar refractivity (Wildman–Crippen MR) is 83.2 cm³/mol. The van der Waals surface area contributed by atoms with E-state index in [-0.39, 0.29) is 0 Å². The maximum absolute atomic E-state index is 6.01. The summed E-state index contributed by atoms with van der Waals surface area (Å²) in [4.78, 5) is 0. The van der Waals surface area contributed by atoms with Crippen molar-refractivity contribution >= 4 is 0 Å². The standard InChI is InChI=1S/C17H28N4/c1-16-5-12-3-13(6-16)8-17(7-12,11-16)15(20-18)4-14-9-19-21(2)10-14/h9-10,12-13,15,20H,3-8,11,18H2,1-2H3. The van der Waals surface area contributed by atoms with Crippen LogP contribution in [0.3, 0.4) is 0 Å². The number of aryl methyl sites for hydroxylation is 1. The maximum Gasteiger partial charge on any atom is 0.0522 e. The number of nitrogens with two attached hydrogens (primary N) is 1. The molecular weight excluding hydrogens is 260 g/mol. The van der Waals surface area contributed by atoms with Crippen molar-refractivity contribution in [3.63, 3.8) is 0 Å². The Morgan fingerprint density at radius 1 is 1.38 bits per heavy atom. The third-order valence-electron chi connectivity index (χ3n) is 6.54. The van der Waals surface area contributed by atoms with Crippen LogP contribution in [0, 0.1) is 22.7 Å². The van der Waals surface area contributed by atoms with Gasteiger partial charge < -0.3 is 0 Å². The van der Waals surface area contributed by atoms with Gasteiger partial charge in [-0.25, -0.2) is 0 Å². The third-order valence-corrected chi connectivity index (χ3v) is 6.54. The first-order valence-corrected chi connectivity index (χ1v) is 8.44. The molecular formula is C17H28N4. The summed E-state index contributed by atoms with van der Waals surface area (Å²) >= 11 is 0. The summed E-state index contributed by atoms with van der Waals surface area (Å²) in [5.41, 5.74) is 5.50. The highest BCUT2D eigenvalue weighted by Crippen LogP contribution is 2.66. The minimum absolute atomic E-state index is 0.395. The zero-order chi connectivity index (χ0) is 14.7. The van der Waals surface area contributed by atoms with E-state index in [4.69, 9.17) is 5.84 Å². The number of hydrazine groups is 1. The van der Waals surface area contributed by atoms with Crippen LogP contribution in [0.5, 0.6) is 0 Å². The molecule has 0 amide bonds. The fraction of sp³-hybridized carbons (Fsp3) is 0.824. The van der Waals surface area contributed by atoms with Crippen molar-refractivity contribution in [1.29, 1.82) is 0 Å². The highest BCUT2D eigenvalue weighted by molar-refractivity contribution is 5.14. The molecule has 4 aliphatic rings. The quantitative estimate of drug-likeness (QED) is 0.661. The number of rotatable bonds is 4. The lowest BCUT2D eigenvalue weighted by molar-refractivity contribution is -0.118. The normalized spacial score (nSPS) is 42.4. The molecule has 0 spiro atoms. The summed E-state index contributed by atoms with van der Waals surface area (Å²) in [6.07, 6.45) is 13.6. The molecule has 4 nitrogen and oxygen atoms in total. The largest absolute Gasteiger partial charge is 0.276 e. The van der Waals surface area contributed by atoms with E-state index >= 15 is 0 Å². The summed E-state index contributed by atoms with van der Waals surface area (Å²) in [5.74, 6) is 7.91. The van der Waals surface area contributed by atoms with E-state index in [2.05, 4.69) is 23.6 Å². The maximum atomic E-state index is 6.01. The third kappa shape index (κ3) is 2.23. The van der Waals surface area contributed by atoms with E-state index in [9.17, 15) is 0 Å². The van der Waals surface area contributed by atoms with Crippen LogP contribution in [0.2, 0.25) is 0 Å². The molecule has 116 valence electrons. The SMILES string of the molecule is Cn1cc(CC(NN)C23CC4CC(CC(C)(C4)C2)C3)cn1. The van der Waals surface area contributed by atoms with Crippen molar-refractivity contribution in [2.45, 2.75) is 57.9 Å². The van der Waals surface area contributed by atoms with Gasteiger partial charge in [0.1, 0.15) is 0 Å². The first kappa shape index (κ1) is 13.8. The Balaban J connectivity index is 1.60. The van der Waals surface area contributed by atoms with E-state index in [1.165, 1.54) is 44.1 Å². The monoisotopic (exact) mass is 288 g/mol. The van der Waals surface area contributed by atoms with Crippen molar-refractivity contribution in [2.24, 2.45) is 35.6 Å². The number of hydrogen-bond donors (Lipinski definition) is 2. The van der Waals surface area contributed by atoms with Gasteiger partial charge in [-0.2, -0.15) is 5.10 Å². The number of nitrogens with one attached hydrogen (secondary N) is 1. The number of aromatic nitrogens is 2. The van der Waals surface area contributed by atoms with E-state index < -0.39 is 0 Å². The van der Waals surface area contributed by atoms with Gasteiger partial charge in [-0.05, 0) is 73.2 Å². The number of nitrogens with zero attached hydrogens (tertiary/aromatic N) is 2. The van der Waals surface area contributed by atoms with Crippen LogP contribution in [0.4, 0.5) is 0 Å². The van der Waals surface area contributed by atoms with Crippen LogP contribution in [-0.2, 0) is 13.5 Å². The molecule has 0 aliphatic heterocycles. The molecule has 3 atom stereocenters. The predicted octanol–water partition coefficient (Wildman–Crippen LogP) is 2.40. The van der Waals surface area contributed by atoms with Gasteiger partial charge in [-0.1, -0.05) is 6.92 Å². The smallest absolute Gasteiger partial charge is 0.0522 e. The van der Waals surface area contributed by atoms with Crippen molar-refractivity contribution < 1.29 is 0 Å². The summed E-state index contributed by atoms with van der Waals surface area (Å²) in [6.45, 7) is 2.52. The molecule has 3 unspecified atom stereocenters. The second kappa shape index (κ2) is 4.56. The van der Waals surface area contributed by atoms with Crippen molar-refractivity contribution in [2.75, 3.05) is 0 Å². The second-order valence-electron chi connectivity index (χ2n) is 8.58. The number of hydrogen-bond acceptors (Lipinski definition) is 3. The molecule has 0 saturated heterocycles. The molecule has 1 heterocycles. The average Bonchev–Trinajstić information content (AvgIpc) is 2.78. The van der Waals surface area contributed by atoms with Gasteiger partial charge in [-0.15, -0.1) is 0 Å². The lowest BCUT2D eigenvalue weighted by Gasteiger charge is -2.63. The summed E-state index contributed by atoms with van der Waals surface area (Å²) < 4.78 is 1.89. The molecule has 0 radical (unpaired) electrons. The van der Waals surface area contributed by atoms with Crippen LogP contribution >= 0.6 is 0 Å². The first-order valence-electron chi connectivity index (χ1n) is 8.44. The fourth-order valence-corrected chi connectivity index (χ4v) is 6.47. The molecule has 4 saturated carbocycles. The fourth-order valence-electron chi connectivity index (χ4n) is 6.47. The minimum atomic E-state index is 0.395. The van der Waals surface area contributed by atoms with Crippen LogP contribution in [0.1, 0.15) is 51.0 Å². The summed E-state index contributed by atoms with van der Waals surface area (Å²) in [5, 5.41) is 4.31. The summed E-state index contributed by atoms with van der Waals surface area (Å²) in [6, 6.07) is 0.395. The molecule has 21 heavy (non-hydrogen) atoms. The molecule has 4 heteroatoms. The minimum Gasteiger partial charge on any atom is -0.276 e. The van der Waals surface area contributed by atoms with Crippen LogP contribution < -0.4 is 11.3 Å². The Labute approximate surface area is 127 Å². The molecule has 0 aromatic carbocycles. The summed E-state index contributed by atoms with van der Waals surface area (Å²) in [7, 11) is 1.99. The highest BCUT2D eigenvalue weighted by Gasteiger charge is 2.58. The lowest BCUT2D eigenvalue weighted by Crippen LogP contribution is -2.60. The zero-order valence-corrected chi connectivity index (χ0v) is 13.3. The molecule has 4 aliphatic carbocycles. The molecule has 1 aromatic rings. The van der Waals surface area contributed by atoms with Gasteiger partial charge in [0.2, 0.25) is 0 Å². The molecule has 4 fully saturated rings. The lowest BCUT2D eigenvalue weighted by atomic mass is 9.43. The molecule has 3 N–H and O–H groups in total. The van der Waals surface area contributed by atoms with Gasteiger partial charge in [-0.3, -0.25) is 16.0 Å². The Morgan fingerprint density at radius 2 is 2.10 bits per heavy atom. The first-order chi connectivity index (χ1) is 10.0. The average molecular weight is 288 g/mol. The van der Waals surface area contributed by atoms with Crippen LogP contribution in [-0.4, -0.2) is 15.8 Å². The van der Waals surface area contributed by atoms with E-state index in [0.717, 1.165) is 18.3 Å². The highest BCUT2D eigenvalue weighted by atomic mass is 15.3. The second-order valence-corrected chi connectivity index (χ2v) is 8.58. The van der Waals surface area contributed by atoms with E-state index in [1.807, 2.05) is 17.9 Å². The Morgan fingerprint density at radius 3 is 2.62 bits per heavy atom. The Bertz CT molecular complexity index is 521. The van der Waals surface area contributed by atoms with Crippen molar-refractivity contribution in [3.8, 4) is 0 Å². The molecule has 4 bridgehead atoms. The zero-order valence-electron chi connectivity index (χ0n) is 13.3. The van der Waals surface area contributed by atoms with E-state index in [1.54, 1.807) is 0 Å². The van der Waals surface area contributed by atoms with Gasteiger partial charge in [0, 0.05) is 19.3 Å². The van der Waals surface area contributed by atoms with Gasteiger partial charge in [0.25, 0.3) is 0 Å². The topological polar surface area (TPSA) is 55.9 Å². The van der Waals surface area contributed by atoms with Crippen molar-refractivity contribution in [1.82, 2.24) is 15.2 Å². The van der Waals surface area contributed by atoms with E-state index in [0.29, 0.717) is 16.9 Å². The Hall–Kier alpha value is -0.870. The van der Waals surface area contributed by atoms with Gasteiger partial charge in [0.05, 0.1) is 6.20 Å². The van der Waals surface area contributed by atoms with Crippen LogP contribution in [0.15, 0.2) is 12.4 Å². The van der Waals surface area contributed by atoms with Crippen molar-refractivity contribution in [3.05, 3.63) is 18.0 Å².